The van der Waals surface area contributed by atoms with Gasteiger partial charge < -0.3 is 15.0 Å². The zero-order valence-corrected chi connectivity index (χ0v) is 20.2. The lowest BCUT2D eigenvalue weighted by molar-refractivity contribution is 0.100. The van der Waals surface area contributed by atoms with Crippen LogP contribution in [0.1, 0.15) is 30.5 Å². The molecule has 1 N–H and O–H groups in total. The number of aliphatic imine (C=N–C) groups is 1. The second-order valence-electron chi connectivity index (χ2n) is 7.47. The number of hydrogen-bond acceptors (Lipinski definition) is 7. The Morgan fingerprint density at radius 3 is 2.80 bits per heavy atom. The van der Waals surface area contributed by atoms with Crippen LogP contribution in [0.5, 0.6) is 0 Å². The maximum absolute atomic E-state index is 5.33. The molecule has 1 atom stereocenters. The fourth-order valence-corrected chi connectivity index (χ4v) is 4.89. The number of nitrogens with zero attached hydrogens (tertiary/aromatic N) is 4. The SMILES string of the molecule is CCCc1nc2c(s1)Nc1ccccc1N=C2N1CCN(C)[C@@H](CCOC)C1.Cl.Cl. The fraction of sp³-hybridized carbons (Fsp3) is 0.524. The van der Waals surface area contributed by atoms with Gasteiger partial charge in [0, 0.05) is 39.4 Å². The third-order valence-electron chi connectivity index (χ3n) is 5.46. The van der Waals surface area contributed by atoms with Gasteiger partial charge in [0.15, 0.2) is 5.84 Å². The molecule has 0 saturated carbocycles. The van der Waals surface area contributed by atoms with Crippen LogP contribution in [0.4, 0.5) is 16.4 Å². The van der Waals surface area contributed by atoms with Gasteiger partial charge in [-0.1, -0.05) is 19.1 Å². The molecule has 2 aliphatic heterocycles. The van der Waals surface area contributed by atoms with E-state index in [1.165, 1.54) is 5.01 Å². The summed E-state index contributed by atoms with van der Waals surface area (Å²) in [5, 5.41) is 5.88. The summed E-state index contributed by atoms with van der Waals surface area (Å²) in [6.07, 6.45) is 3.13. The summed E-state index contributed by atoms with van der Waals surface area (Å²) in [5.41, 5.74) is 3.03. The molecular formula is C21H31Cl2N5OS. The largest absolute Gasteiger partial charge is 0.385 e. The number of para-hydroxylation sites is 2. The highest BCUT2D eigenvalue weighted by molar-refractivity contribution is 7.16. The van der Waals surface area contributed by atoms with E-state index in [0.717, 1.165) is 73.4 Å². The van der Waals surface area contributed by atoms with E-state index in [1.807, 2.05) is 6.07 Å². The number of benzene rings is 1. The first-order valence-electron chi connectivity index (χ1n) is 10.1. The normalized spacial score (nSPS) is 18.2. The monoisotopic (exact) mass is 471 g/mol. The molecule has 4 rings (SSSR count). The second-order valence-corrected chi connectivity index (χ2v) is 8.56. The Labute approximate surface area is 195 Å². The van der Waals surface area contributed by atoms with Crippen molar-refractivity contribution in [1.29, 1.82) is 0 Å². The number of fused-ring (bicyclic) bond motifs is 2. The molecule has 166 valence electrons. The molecule has 0 amide bonds. The van der Waals surface area contributed by atoms with E-state index < -0.39 is 0 Å². The van der Waals surface area contributed by atoms with E-state index in [2.05, 4.69) is 47.3 Å². The Bertz CT molecular complexity index is 860. The van der Waals surface area contributed by atoms with Crippen molar-refractivity contribution in [2.45, 2.75) is 32.2 Å². The molecule has 6 nitrogen and oxygen atoms in total. The average Bonchev–Trinajstić information content (AvgIpc) is 3.02. The standard InChI is InChI=1S/C21H29N5OS.2ClH/c1-4-7-18-24-19-20(26-12-11-25(2)15(14-26)10-13-27-3)22-16-8-5-6-9-17(16)23-21(19)28-18;;/h5-6,8-9,15,23H,4,7,10-14H2,1-3H3;2*1H/t15-;;/m0../s1. The first-order chi connectivity index (χ1) is 13.7. The number of likely N-dealkylation sites (N-methyl/N-ethyl adjacent to an activating group) is 1. The summed E-state index contributed by atoms with van der Waals surface area (Å²) < 4.78 is 5.33. The second kappa shape index (κ2) is 11.3. The third kappa shape index (κ3) is 5.26. The zero-order chi connectivity index (χ0) is 19.5. The van der Waals surface area contributed by atoms with Gasteiger partial charge in [-0.3, -0.25) is 4.90 Å². The van der Waals surface area contributed by atoms with Gasteiger partial charge in [-0.05, 0) is 38.4 Å². The predicted octanol–water partition coefficient (Wildman–Crippen LogP) is 4.73. The van der Waals surface area contributed by atoms with Crippen LogP contribution in [0.15, 0.2) is 29.3 Å². The van der Waals surface area contributed by atoms with Crippen molar-refractivity contribution in [2.24, 2.45) is 4.99 Å². The number of ether oxygens (including phenoxy) is 1. The Hall–Kier alpha value is -1.38. The van der Waals surface area contributed by atoms with Crippen LogP contribution >= 0.6 is 36.2 Å². The maximum atomic E-state index is 5.33. The van der Waals surface area contributed by atoms with Crippen LogP contribution in [0.3, 0.4) is 0 Å². The van der Waals surface area contributed by atoms with Gasteiger partial charge in [0.05, 0.1) is 16.4 Å². The Balaban J connectivity index is 0.00000160. The minimum absolute atomic E-state index is 0. The van der Waals surface area contributed by atoms with E-state index in [4.69, 9.17) is 14.7 Å². The van der Waals surface area contributed by atoms with Crippen molar-refractivity contribution >= 4 is 58.4 Å². The number of halogens is 2. The maximum Gasteiger partial charge on any atom is 0.158 e. The van der Waals surface area contributed by atoms with Gasteiger partial charge in [0.2, 0.25) is 0 Å². The highest BCUT2D eigenvalue weighted by atomic mass is 35.5. The number of amidine groups is 1. The van der Waals surface area contributed by atoms with Crippen molar-refractivity contribution < 1.29 is 4.74 Å². The van der Waals surface area contributed by atoms with Gasteiger partial charge in [0.1, 0.15) is 10.7 Å². The number of anilines is 2. The van der Waals surface area contributed by atoms with Crippen LogP contribution in [-0.4, -0.2) is 67.1 Å². The molecule has 30 heavy (non-hydrogen) atoms. The molecule has 1 fully saturated rings. The lowest BCUT2D eigenvalue weighted by Gasteiger charge is -2.40. The third-order valence-corrected chi connectivity index (χ3v) is 6.49. The van der Waals surface area contributed by atoms with Crippen molar-refractivity contribution in [2.75, 3.05) is 45.7 Å². The number of aryl methyl sites for hydroxylation is 1. The van der Waals surface area contributed by atoms with Gasteiger partial charge in [-0.2, -0.15) is 0 Å². The summed E-state index contributed by atoms with van der Waals surface area (Å²) in [5.74, 6) is 1.00. The molecule has 1 aromatic heterocycles. The van der Waals surface area contributed by atoms with E-state index in [0.29, 0.717) is 6.04 Å². The summed E-state index contributed by atoms with van der Waals surface area (Å²) in [7, 11) is 3.98. The Morgan fingerprint density at radius 2 is 2.03 bits per heavy atom. The minimum Gasteiger partial charge on any atom is -0.385 e. The van der Waals surface area contributed by atoms with Crippen molar-refractivity contribution in [3.8, 4) is 0 Å². The van der Waals surface area contributed by atoms with E-state index in [9.17, 15) is 0 Å². The van der Waals surface area contributed by atoms with Crippen LogP contribution in [0.25, 0.3) is 0 Å². The van der Waals surface area contributed by atoms with E-state index in [-0.39, 0.29) is 24.8 Å². The summed E-state index contributed by atoms with van der Waals surface area (Å²) in [6, 6.07) is 8.72. The van der Waals surface area contributed by atoms with Crippen LogP contribution < -0.4 is 5.32 Å². The van der Waals surface area contributed by atoms with Crippen molar-refractivity contribution in [3.63, 3.8) is 0 Å². The topological polar surface area (TPSA) is 53.0 Å². The average molecular weight is 472 g/mol. The first-order valence-corrected chi connectivity index (χ1v) is 10.9. The van der Waals surface area contributed by atoms with Gasteiger partial charge >= 0.3 is 0 Å². The highest BCUT2D eigenvalue weighted by Gasteiger charge is 2.31. The number of piperazine rings is 1. The van der Waals surface area contributed by atoms with Crippen LogP contribution in [0.2, 0.25) is 0 Å². The number of hydrogen-bond donors (Lipinski definition) is 1. The first kappa shape index (κ1) is 24.9. The number of methoxy groups -OCH3 is 1. The molecule has 1 saturated heterocycles. The minimum atomic E-state index is 0. The van der Waals surface area contributed by atoms with Gasteiger partial charge in [0.25, 0.3) is 0 Å². The molecule has 0 spiro atoms. The van der Waals surface area contributed by atoms with Crippen LogP contribution in [-0.2, 0) is 11.2 Å². The van der Waals surface area contributed by atoms with Gasteiger partial charge in [-0.15, -0.1) is 36.2 Å². The molecule has 0 aliphatic carbocycles. The van der Waals surface area contributed by atoms with Crippen molar-refractivity contribution in [3.05, 3.63) is 35.0 Å². The molecule has 1 aromatic carbocycles. The lowest BCUT2D eigenvalue weighted by Crippen LogP contribution is -2.53. The summed E-state index contributed by atoms with van der Waals surface area (Å²) in [4.78, 5) is 14.9. The lowest BCUT2D eigenvalue weighted by atomic mass is 10.1. The molecule has 0 unspecified atom stereocenters. The molecule has 3 heterocycles. The molecule has 9 heteroatoms. The summed E-state index contributed by atoms with van der Waals surface area (Å²) >= 11 is 1.76. The quantitative estimate of drug-likeness (QED) is 0.682. The highest BCUT2D eigenvalue weighted by Crippen LogP contribution is 2.38. The molecular weight excluding hydrogens is 441 g/mol. The predicted molar refractivity (Wildman–Crippen MR) is 131 cm³/mol. The van der Waals surface area contributed by atoms with E-state index in [1.54, 1.807) is 18.4 Å². The van der Waals surface area contributed by atoms with Crippen molar-refractivity contribution in [1.82, 2.24) is 14.8 Å². The molecule has 0 radical (unpaired) electrons. The molecule has 0 bridgehead atoms. The molecule has 2 aromatic rings. The van der Waals surface area contributed by atoms with Crippen LogP contribution in [0, 0.1) is 0 Å². The zero-order valence-electron chi connectivity index (χ0n) is 17.8. The smallest absolute Gasteiger partial charge is 0.158 e. The number of nitrogens with one attached hydrogen (secondary N) is 1. The Morgan fingerprint density at radius 1 is 1.23 bits per heavy atom. The number of aromatic nitrogens is 1. The summed E-state index contributed by atoms with van der Waals surface area (Å²) in [6.45, 7) is 5.90. The number of rotatable bonds is 5. The van der Waals surface area contributed by atoms with Gasteiger partial charge in [-0.25, -0.2) is 9.98 Å². The Kier molecular flexibility index (Phi) is 9.37. The molecule has 2 aliphatic rings. The van der Waals surface area contributed by atoms with E-state index >= 15 is 0 Å². The fourth-order valence-electron chi connectivity index (χ4n) is 3.81. The number of thiazole rings is 1.